The van der Waals surface area contributed by atoms with Gasteiger partial charge in [0.15, 0.2) is 0 Å². The zero-order valence-electron chi connectivity index (χ0n) is 7.78. The van der Waals surface area contributed by atoms with Gasteiger partial charge in [-0.2, -0.15) is 0 Å². The molecule has 0 unspecified atom stereocenters. The van der Waals surface area contributed by atoms with Crippen LogP contribution in [0.3, 0.4) is 0 Å². The number of halogens is 1. The third-order valence-electron chi connectivity index (χ3n) is 2.03. The van der Waals surface area contributed by atoms with Gasteiger partial charge in [-0.15, -0.1) is 11.3 Å². The lowest BCUT2D eigenvalue weighted by Crippen LogP contribution is -1.91. The van der Waals surface area contributed by atoms with Crippen molar-refractivity contribution in [3.63, 3.8) is 0 Å². The Morgan fingerprint density at radius 1 is 1.53 bits per heavy atom. The molecule has 1 aromatic heterocycles. The van der Waals surface area contributed by atoms with Crippen molar-refractivity contribution in [2.75, 3.05) is 7.11 Å². The average Bonchev–Trinajstić information content (AvgIpc) is 2.55. The zero-order chi connectivity index (χ0) is 11.0. The number of rotatable bonds is 2. The molecule has 1 heterocycles. The number of aromatic carboxylic acids is 1. The number of methoxy groups -OCH3 is 1. The summed E-state index contributed by atoms with van der Waals surface area (Å²) >= 11 is 7.09. The number of fused-ring (bicyclic) bond motifs is 1. The molecule has 0 aliphatic rings. The van der Waals surface area contributed by atoms with Crippen LogP contribution in [0, 0.1) is 0 Å². The minimum absolute atomic E-state index is 0.167. The summed E-state index contributed by atoms with van der Waals surface area (Å²) in [6.45, 7) is 0. The number of ether oxygens (including phenoxy) is 1. The molecule has 1 N–H and O–H groups in total. The Kier molecular flexibility index (Phi) is 2.54. The fraction of sp³-hybridized carbons (Fsp3) is 0.100. The maximum Gasteiger partial charge on any atom is 0.347 e. The highest BCUT2D eigenvalue weighted by atomic mass is 35.5. The number of carboxylic acid groups (broad SMARTS) is 1. The van der Waals surface area contributed by atoms with E-state index in [-0.39, 0.29) is 4.88 Å². The van der Waals surface area contributed by atoms with E-state index < -0.39 is 5.97 Å². The van der Waals surface area contributed by atoms with Crippen molar-refractivity contribution in [3.05, 3.63) is 28.1 Å². The maximum absolute atomic E-state index is 10.8. The van der Waals surface area contributed by atoms with Gasteiger partial charge < -0.3 is 9.84 Å². The molecule has 15 heavy (non-hydrogen) atoms. The van der Waals surface area contributed by atoms with E-state index in [1.165, 1.54) is 0 Å². The Labute approximate surface area is 94.9 Å². The van der Waals surface area contributed by atoms with Crippen molar-refractivity contribution in [1.82, 2.24) is 0 Å². The predicted octanol–water partition coefficient (Wildman–Crippen LogP) is 3.26. The van der Waals surface area contributed by atoms with E-state index in [0.29, 0.717) is 10.8 Å². The molecule has 2 aromatic rings. The van der Waals surface area contributed by atoms with E-state index in [2.05, 4.69) is 0 Å². The van der Waals surface area contributed by atoms with E-state index in [4.69, 9.17) is 21.4 Å². The van der Waals surface area contributed by atoms with Crippen LogP contribution in [-0.2, 0) is 0 Å². The fourth-order valence-electron chi connectivity index (χ4n) is 1.31. The number of hydrogen-bond acceptors (Lipinski definition) is 3. The second kappa shape index (κ2) is 3.72. The van der Waals surface area contributed by atoms with Gasteiger partial charge in [0.05, 0.1) is 12.1 Å². The molecule has 0 aliphatic heterocycles. The monoisotopic (exact) mass is 242 g/mol. The minimum Gasteiger partial charge on any atom is -0.497 e. The van der Waals surface area contributed by atoms with Crippen LogP contribution in [0.25, 0.3) is 10.1 Å². The highest BCUT2D eigenvalue weighted by Crippen LogP contribution is 2.36. The molecule has 0 atom stereocenters. The summed E-state index contributed by atoms with van der Waals surface area (Å²) in [5, 5.41) is 9.93. The lowest BCUT2D eigenvalue weighted by molar-refractivity contribution is 0.0702. The van der Waals surface area contributed by atoms with E-state index in [9.17, 15) is 4.79 Å². The number of carboxylic acids is 1. The molecule has 0 spiro atoms. The summed E-state index contributed by atoms with van der Waals surface area (Å²) in [7, 11) is 1.56. The quantitative estimate of drug-likeness (QED) is 0.879. The number of carbonyl (C=O) groups is 1. The van der Waals surface area contributed by atoms with Crippen molar-refractivity contribution < 1.29 is 14.6 Å². The molecule has 1 aromatic carbocycles. The molecular weight excluding hydrogens is 236 g/mol. The fourth-order valence-corrected chi connectivity index (χ4v) is 2.69. The number of thiophene rings is 1. The first-order valence-electron chi connectivity index (χ1n) is 4.13. The molecule has 0 fully saturated rings. The standard InChI is InChI=1S/C10H7ClO3S/c1-14-5-2-3-6-7(4-5)15-9(8(6)11)10(12)13/h2-4H,1H3,(H,12,13). The van der Waals surface area contributed by atoms with Gasteiger partial charge >= 0.3 is 5.97 Å². The Morgan fingerprint density at radius 3 is 2.87 bits per heavy atom. The van der Waals surface area contributed by atoms with Gasteiger partial charge in [0.1, 0.15) is 10.6 Å². The number of benzene rings is 1. The van der Waals surface area contributed by atoms with Crippen molar-refractivity contribution >= 4 is 39.0 Å². The summed E-state index contributed by atoms with van der Waals surface area (Å²) in [6.07, 6.45) is 0. The van der Waals surface area contributed by atoms with Crippen LogP contribution in [0.2, 0.25) is 5.02 Å². The second-order valence-corrected chi connectivity index (χ2v) is 4.34. The highest BCUT2D eigenvalue weighted by molar-refractivity contribution is 7.21. The molecule has 0 radical (unpaired) electrons. The normalized spacial score (nSPS) is 10.5. The molecule has 0 bridgehead atoms. The molecule has 3 nitrogen and oxygen atoms in total. The van der Waals surface area contributed by atoms with Crippen LogP contribution in [0.15, 0.2) is 18.2 Å². The Balaban J connectivity index is 2.70. The summed E-state index contributed by atoms with van der Waals surface area (Å²) in [5.74, 6) is -0.308. The molecular formula is C10H7ClO3S. The zero-order valence-corrected chi connectivity index (χ0v) is 9.35. The molecule has 0 saturated heterocycles. The van der Waals surface area contributed by atoms with Crippen molar-refractivity contribution in [3.8, 4) is 5.75 Å². The van der Waals surface area contributed by atoms with Gasteiger partial charge in [0.2, 0.25) is 0 Å². The van der Waals surface area contributed by atoms with Gasteiger partial charge in [0, 0.05) is 10.1 Å². The Bertz CT molecular complexity index is 533. The Morgan fingerprint density at radius 2 is 2.27 bits per heavy atom. The van der Waals surface area contributed by atoms with E-state index in [1.54, 1.807) is 25.3 Å². The third kappa shape index (κ3) is 1.66. The summed E-state index contributed by atoms with van der Waals surface area (Å²) < 4.78 is 5.86. The van der Waals surface area contributed by atoms with Crippen LogP contribution in [0.4, 0.5) is 0 Å². The summed E-state index contributed by atoms with van der Waals surface area (Å²) in [6, 6.07) is 5.30. The van der Waals surface area contributed by atoms with Gasteiger partial charge in [-0.3, -0.25) is 0 Å². The summed E-state index contributed by atoms with van der Waals surface area (Å²) in [5.41, 5.74) is 0. The van der Waals surface area contributed by atoms with E-state index in [1.807, 2.05) is 0 Å². The maximum atomic E-state index is 10.8. The third-order valence-corrected chi connectivity index (χ3v) is 3.68. The van der Waals surface area contributed by atoms with Crippen LogP contribution < -0.4 is 4.74 Å². The molecule has 2 rings (SSSR count). The van der Waals surface area contributed by atoms with Crippen molar-refractivity contribution in [2.45, 2.75) is 0 Å². The smallest absolute Gasteiger partial charge is 0.347 e. The predicted molar refractivity (Wildman–Crippen MR) is 60.3 cm³/mol. The van der Waals surface area contributed by atoms with Gasteiger partial charge in [0.25, 0.3) is 0 Å². The Hall–Kier alpha value is -1.26. The van der Waals surface area contributed by atoms with Crippen LogP contribution >= 0.6 is 22.9 Å². The van der Waals surface area contributed by atoms with Crippen LogP contribution in [0.5, 0.6) is 5.75 Å². The number of hydrogen-bond donors (Lipinski definition) is 1. The van der Waals surface area contributed by atoms with Crippen molar-refractivity contribution in [1.29, 1.82) is 0 Å². The summed E-state index contributed by atoms with van der Waals surface area (Å²) in [4.78, 5) is 11.0. The largest absolute Gasteiger partial charge is 0.497 e. The lowest BCUT2D eigenvalue weighted by Gasteiger charge is -1.97. The average molecular weight is 243 g/mol. The first-order chi connectivity index (χ1) is 7.13. The molecule has 5 heteroatoms. The molecule has 78 valence electrons. The molecule has 0 amide bonds. The van der Waals surface area contributed by atoms with Crippen LogP contribution in [-0.4, -0.2) is 18.2 Å². The first-order valence-corrected chi connectivity index (χ1v) is 5.32. The second-order valence-electron chi connectivity index (χ2n) is 2.91. The SMILES string of the molecule is COc1ccc2c(Cl)c(C(=O)O)sc2c1. The highest BCUT2D eigenvalue weighted by Gasteiger charge is 2.16. The lowest BCUT2D eigenvalue weighted by atomic mass is 10.2. The van der Waals surface area contributed by atoms with Gasteiger partial charge in [-0.05, 0) is 18.2 Å². The van der Waals surface area contributed by atoms with E-state index >= 15 is 0 Å². The molecule has 0 saturated carbocycles. The first kappa shape index (κ1) is 10.3. The van der Waals surface area contributed by atoms with Gasteiger partial charge in [-0.25, -0.2) is 4.79 Å². The van der Waals surface area contributed by atoms with Crippen LogP contribution in [0.1, 0.15) is 9.67 Å². The minimum atomic E-state index is -1.000. The van der Waals surface area contributed by atoms with Gasteiger partial charge in [-0.1, -0.05) is 11.6 Å². The molecule has 0 aliphatic carbocycles. The van der Waals surface area contributed by atoms with E-state index in [0.717, 1.165) is 21.4 Å². The van der Waals surface area contributed by atoms with Crippen molar-refractivity contribution in [2.24, 2.45) is 0 Å². The topological polar surface area (TPSA) is 46.5 Å².